The van der Waals surface area contributed by atoms with Gasteiger partial charge in [0, 0.05) is 25.3 Å². The number of hydrogen-bond donors (Lipinski definition) is 3. The van der Waals surface area contributed by atoms with Gasteiger partial charge in [0.15, 0.2) is 5.96 Å². The van der Waals surface area contributed by atoms with Crippen LogP contribution in [0.3, 0.4) is 0 Å². The van der Waals surface area contributed by atoms with Crippen LogP contribution >= 0.6 is 0 Å². The van der Waals surface area contributed by atoms with Gasteiger partial charge in [-0.15, -0.1) is 0 Å². The molecule has 0 saturated heterocycles. The number of para-hydroxylation sites is 1. The smallest absolute Gasteiger partial charge is 0.191 e. The molecule has 5 heteroatoms. The summed E-state index contributed by atoms with van der Waals surface area (Å²) in [7, 11) is 0. The molecule has 130 valence electrons. The van der Waals surface area contributed by atoms with Crippen molar-refractivity contribution >= 4 is 5.96 Å². The van der Waals surface area contributed by atoms with Gasteiger partial charge in [0.2, 0.25) is 0 Å². The Kier molecular flexibility index (Phi) is 7.89. The highest BCUT2D eigenvalue weighted by molar-refractivity contribution is 5.79. The number of guanidine groups is 1. The summed E-state index contributed by atoms with van der Waals surface area (Å²) in [6, 6.07) is 7.98. The Hall–Kier alpha value is -1.75. The summed E-state index contributed by atoms with van der Waals surface area (Å²) in [4.78, 5) is 4.61. The third-order valence-corrected chi connectivity index (χ3v) is 3.07. The lowest BCUT2D eigenvalue weighted by Crippen LogP contribution is -2.39. The molecule has 0 fully saturated rings. The molecule has 0 radical (unpaired) electrons. The van der Waals surface area contributed by atoms with E-state index in [4.69, 9.17) is 9.84 Å². The van der Waals surface area contributed by atoms with Crippen LogP contribution in [-0.4, -0.2) is 36.4 Å². The van der Waals surface area contributed by atoms with Gasteiger partial charge in [-0.05, 0) is 39.7 Å². The van der Waals surface area contributed by atoms with Gasteiger partial charge in [0.1, 0.15) is 11.4 Å². The van der Waals surface area contributed by atoms with Gasteiger partial charge in [-0.25, -0.2) is 4.99 Å². The highest BCUT2D eigenvalue weighted by Gasteiger charge is 2.14. The molecular formula is C18H31N3O2. The fourth-order valence-electron chi connectivity index (χ4n) is 1.91. The Morgan fingerprint density at radius 3 is 2.57 bits per heavy atom. The number of nitrogens with zero attached hydrogens (tertiary/aromatic N) is 1. The lowest BCUT2D eigenvalue weighted by Gasteiger charge is -2.23. The topological polar surface area (TPSA) is 65.9 Å². The first kappa shape index (κ1) is 19.3. The van der Waals surface area contributed by atoms with Crippen molar-refractivity contribution in [3.63, 3.8) is 0 Å². The minimum atomic E-state index is -0.237. The van der Waals surface area contributed by atoms with E-state index in [0.29, 0.717) is 13.1 Å². The average molecular weight is 321 g/mol. The van der Waals surface area contributed by atoms with Gasteiger partial charge in [-0.1, -0.05) is 25.1 Å². The summed E-state index contributed by atoms with van der Waals surface area (Å²) >= 11 is 0. The second-order valence-electron chi connectivity index (χ2n) is 6.69. The van der Waals surface area contributed by atoms with Crippen LogP contribution in [-0.2, 0) is 6.54 Å². The van der Waals surface area contributed by atoms with E-state index in [0.717, 1.165) is 23.8 Å². The van der Waals surface area contributed by atoms with Gasteiger partial charge in [0.25, 0.3) is 0 Å². The molecule has 0 aliphatic heterocycles. The molecule has 23 heavy (non-hydrogen) atoms. The Morgan fingerprint density at radius 2 is 1.96 bits per heavy atom. The first-order valence-corrected chi connectivity index (χ1v) is 8.25. The van der Waals surface area contributed by atoms with Gasteiger partial charge < -0.3 is 20.5 Å². The number of nitrogens with one attached hydrogen (secondary N) is 2. The summed E-state index contributed by atoms with van der Waals surface area (Å²) in [5, 5.41) is 15.6. The Bertz CT molecular complexity index is 495. The molecule has 0 saturated carbocycles. The number of aliphatic hydroxyl groups excluding tert-OH is 1. The molecule has 5 nitrogen and oxygen atoms in total. The first-order valence-electron chi connectivity index (χ1n) is 8.25. The summed E-state index contributed by atoms with van der Waals surface area (Å²) < 4.78 is 6.00. The number of ether oxygens (including phenoxy) is 1. The molecule has 0 heterocycles. The van der Waals surface area contributed by atoms with Gasteiger partial charge >= 0.3 is 0 Å². The molecule has 0 amide bonds. The minimum absolute atomic E-state index is 0.161. The molecule has 1 atom stereocenters. The highest BCUT2D eigenvalue weighted by atomic mass is 16.5. The van der Waals surface area contributed by atoms with Gasteiger partial charge in [0.05, 0.1) is 6.54 Å². The summed E-state index contributed by atoms with van der Waals surface area (Å²) in [5.74, 6) is 1.80. The van der Waals surface area contributed by atoms with E-state index in [2.05, 4.69) is 15.6 Å². The van der Waals surface area contributed by atoms with E-state index >= 15 is 0 Å². The monoisotopic (exact) mass is 321 g/mol. The van der Waals surface area contributed by atoms with Crippen LogP contribution in [0.15, 0.2) is 29.3 Å². The standard InChI is InChI=1S/C18H31N3O2/c1-6-19-17(20-11-14(2)13-22)21-12-15-9-7-8-10-16(15)23-18(3,4)5/h7-10,14,22H,6,11-13H2,1-5H3,(H2,19,20,21). The summed E-state index contributed by atoms with van der Waals surface area (Å²) in [6.07, 6.45) is 0. The maximum atomic E-state index is 9.11. The van der Waals surface area contributed by atoms with Crippen molar-refractivity contribution in [2.75, 3.05) is 19.7 Å². The largest absolute Gasteiger partial charge is 0.488 e. The minimum Gasteiger partial charge on any atom is -0.488 e. The molecular weight excluding hydrogens is 290 g/mol. The van der Waals surface area contributed by atoms with Crippen molar-refractivity contribution in [3.05, 3.63) is 29.8 Å². The number of aliphatic imine (C=N–C) groups is 1. The zero-order valence-electron chi connectivity index (χ0n) is 15.0. The first-order chi connectivity index (χ1) is 10.9. The molecule has 1 aromatic carbocycles. The van der Waals surface area contributed by atoms with E-state index < -0.39 is 0 Å². The van der Waals surface area contributed by atoms with Crippen molar-refractivity contribution in [1.29, 1.82) is 0 Å². The predicted molar refractivity (Wildman–Crippen MR) is 95.9 cm³/mol. The fourth-order valence-corrected chi connectivity index (χ4v) is 1.91. The average Bonchev–Trinajstić information content (AvgIpc) is 2.49. The fraction of sp³-hybridized carbons (Fsp3) is 0.611. The van der Waals surface area contributed by atoms with E-state index in [1.165, 1.54) is 0 Å². The van der Waals surface area contributed by atoms with Gasteiger partial charge in [-0.2, -0.15) is 0 Å². The highest BCUT2D eigenvalue weighted by Crippen LogP contribution is 2.23. The molecule has 1 unspecified atom stereocenters. The molecule has 1 rings (SSSR count). The SMILES string of the molecule is CCNC(=NCc1ccccc1OC(C)(C)C)NCC(C)CO. The predicted octanol–water partition coefficient (Wildman–Crippen LogP) is 2.55. The van der Waals surface area contributed by atoms with Crippen molar-refractivity contribution in [3.8, 4) is 5.75 Å². The molecule has 0 aromatic heterocycles. The second-order valence-corrected chi connectivity index (χ2v) is 6.69. The maximum absolute atomic E-state index is 9.11. The maximum Gasteiger partial charge on any atom is 0.191 e. The molecule has 1 aromatic rings. The van der Waals surface area contributed by atoms with Crippen molar-refractivity contribution < 1.29 is 9.84 Å². The third kappa shape index (κ3) is 7.88. The van der Waals surface area contributed by atoms with E-state index in [1.807, 2.05) is 58.9 Å². The van der Waals surface area contributed by atoms with E-state index in [1.54, 1.807) is 0 Å². The molecule has 3 N–H and O–H groups in total. The van der Waals surface area contributed by atoms with E-state index in [-0.39, 0.29) is 18.1 Å². The Labute approximate surface area is 140 Å². The molecule has 0 aliphatic rings. The number of hydrogen-bond acceptors (Lipinski definition) is 3. The Morgan fingerprint density at radius 1 is 1.26 bits per heavy atom. The lowest BCUT2D eigenvalue weighted by molar-refractivity contribution is 0.129. The number of rotatable bonds is 7. The molecule has 0 aliphatic carbocycles. The van der Waals surface area contributed by atoms with Crippen LogP contribution < -0.4 is 15.4 Å². The van der Waals surface area contributed by atoms with Crippen LogP contribution in [0.5, 0.6) is 5.75 Å². The van der Waals surface area contributed by atoms with Crippen LogP contribution in [0, 0.1) is 5.92 Å². The zero-order valence-corrected chi connectivity index (χ0v) is 15.0. The van der Waals surface area contributed by atoms with Crippen LogP contribution in [0.1, 0.15) is 40.2 Å². The number of aliphatic hydroxyl groups is 1. The summed E-state index contributed by atoms with van der Waals surface area (Å²) in [6.45, 7) is 12.3. The van der Waals surface area contributed by atoms with Gasteiger partial charge in [-0.3, -0.25) is 0 Å². The molecule has 0 spiro atoms. The van der Waals surface area contributed by atoms with E-state index in [9.17, 15) is 0 Å². The Balaban J connectivity index is 2.78. The normalized spacial score (nSPS) is 13.6. The number of benzene rings is 1. The molecule has 0 bridgehead atoms. The second kappa shape index (κ2) is 9.40. The van der Waals surface area contributed by atoms with Crippen molar-refractivity contribution in [2.24, 2.45) is 10.9 Å². The quantitative estimate of drug-likeness (QED) is 0.533. The van der Waals surface area contributed by atoms with Crippen molar-refractivity contribution in [2.45, 2.75) is 46.8 Å². The zero-order chi connectivity index (χ0) is 17.3. The van der Waals surface area contributed by atoms with Crippen LogP contribution in [0.4, 0.5) is 0 Å². The van der Waals surface area contributed by atoms with Crippen LogP contribution in [0.25, 0.3) is 0 Å². The summed E-state index contributed by atoms with van der Waals surface area (Å²) in [5.41, 5.74) is 0.814. The lowest BCUT2D eigenvalue weighted by atomic mass is 10.1. The van der Waals surface area contributed by atoms with Crippen molar-refractivity contribution in [1.82, 2.24) is 10.6 Å². The third-order valence-electron chi connectivity index (χ3n) is 3.07. The van der Waals surface area contributed by atoms with Crippen LogP contribution in [0.2, 0.25) is 0 Å².